The normalized spacial score (nSPS) is 15.5. The van der Waals surface area contributed by atoms with E-state index in [1.54, 1.807) is 6.92 Å². The second kappa shape index (κ2) is 5.60. The maximum absolute atomic E-state index is 11.9. The molecule has 3 rings (SSSR count). The number of amides is 1. The number of nitrogens with one attached hydrogen (secondary N) is 2. The van der Waals surface area contributed by atoms with E-state index in [1.165, 1.54) is 17.3 Å². The Labute approximate surface area is 125 Å². The molecule has 110 valence electrons. The highest BCUT2D eigenvalue weighted by molar-refractivity contribution is 6.28. The molecule has 2 N–H and O–H groups in total. The van der Waals surface area contributed by atoms with Crippen molar-refractivity contribution in [2.24, 2.45) is 0 Å². The number of hydrogen-bond donors (Lipinski definition) is 2. The summed E-state index contributed by atoms with van der Waals surface area (Å²) in [6.45, 7) is 1.73. The van der Waals surface area contributed by atoms with Crippen molar-refractivity contribution < 1.29 is 4.79 Å². The van der Waals surface area contributed by atoms with Crippen LogP contribution in [0.25, 0.3) is 5.95 Å². The minimum absolute atomic E-state index is 0.00722. The van der Waals surface area contributed by atoms with Crippen LogP contribution in [0, 0.1) is 0 Å². The SMILES string of the molecule is CC(Nc1nc(Cl)nc(-n2cncn2)n1)C(=O)NC1CC1. The molecule has 0 bridgehead atoms. The number of aromatic nitrogens is 6. The highest BCUT2D eigenvalue weighted by Crippen LogP contribution is 2.19. The molecule has 9 nitrogen and oxygen atoms in total. The van der Waals surface area contributed by atoms with Crippen LogP contribution in [0.1, 0.15) is 19.8 Å². The predicted molar refractivity (Wildman–Crippen MR) is 74.0 cm³/mol. The zero-order valence-corrected chi connectivity index (χ0v) is 11.9. The van der Waals surface area contributed by atoms with Crippen LogP contribution in [0.2, 0.25) is 5.28 Å². The second-order valence-corrected chi connectivity index (χ2v) is 5.06. The molecule has 2 aromatic heterocycles. The lowest BCUT2D eigenvalue weighted by atomic mass is 10.3. The molecule has 0 saturated heterocycles. The van der Waals surface area contributed by atoms with E-state index < -0.39 is 6.04 Å². The van der Waals surface area contributed by atoms with Crippen molar-refractivity contribution >= 4 is 23.5 Å². The van der Waals surface area contributed by atoms with Crippen molar-refractivity contribution in [3.63, 3.8) is 0 Å². The fourth-order valence-electron chi connectivity index (χ4n) is 1.63. The van der Waals surface area contributed by atoms with E-state index >= 15 is 0 Å². The molecule has 2 heterocycles. The monoisotopic (exact) mass is 308 g/mol. The lowest BCUT2D eigenvalue weighted by Gasteiger charge is -2.14. The summed E-state index contributed by atoms with van der Waals surface area (Å²) >= 11 is 5.86. The van der Waals surface area contributed by atoms with Crippen molar-refractivity contribution in [1.82, 2.24) is 35.0 Å². The van der Waals surface area contributed by atoms with Crippen LogP contribution in [-0.4, -0.2) is 47.7 Å². The number of anilines is 1. The van der Waals surface area contributed by atoms with E-state index in [0.29, 0.717) is 6.04 Å². The Bertz CT molecular complexity index is 642. The van der Waals surface area contributed by atoms with Gasteiger partial charge in [-0.15, -0.1) is 0 Å². The number of nitrogens with zero attached hydrogens (tertiary/aromatic N) is 6. The average Bonchev–Trinajstić information content (AvgIpc) is 3.08. The van der Waals surface area contributed by atoms with Crippen LogP contribution in [0.15, 0.2) is 12.7 Å². The van der Waals surface area contributed by atoms with Gasteiger partial charge >= 0.3 is 0 Å². The van der Waals surface area contributed by atoms with Gasteiger partial charge in [-0.05, 0) is 31.4 Å². The maximum atomic E-state index is 11.9. The number of hydrogen-bond acceptors (Lipinski definition) is 7. The summed E-state index contributed by atoms with van der Waals surface area (Å²) in [6.07, 6.45) is 4.87. The van der Waals surface area contributed by atoms with Crippen LogP contribution in [0.3, 0.4) is 0 Å². The van der Waals surface area contributed by atoms with Crippen LogP contribution in [0.5, 0.6) is 0 Å². The topological polar surface area (TPSA) is 111 Å². The van der Waals surface area contributed by atoms with E-state index in [4.69, 9.17) is 11.6 Å². The highest BCUT2D eigenvalue weighted by atomic mass is 35.5. The molecule has 1 unspecified atom stereocenters. The van der Waals surface area contributed by atoms with Crippen molar-refractivity contribution in [3.05, 3.63) is 17.9 Å². The van der Waals surface area contributed by atoms with E-state index in [1.807, 2.05) is 0 Å². The van der Waals surface area contributed by atoms with Gasteiger partial charge in [0.2, 0.25) is 17.1 Å². The molecular formula is C11H13ClN8O. The number of carbonyl (C=O) groups is 1. The molecular weight excluding hydrogens is 296 g/mol. The molecule has 1 aliphatic rings. The van der Waals surface area contributed by atoms with Gasteiger partial charge in [-0.2, -0.15) is 24.7 Å². The summed E-state index contributed by atoms with van der Waals surface area (Å²) in [6, 6.07) is -0.179. The molecule has 0 aromatic carbocycles. The largest absolute Gasteiger partial charge is 0.352 e. The van der Waals surface area contributed by atoms with Crippen molar-refractivity contribution in [1.29, 1.82) is 0 Å². The zero-order valence-electron chi connectivity index (χ0n) is 11.2. The van der Waals surface area contributed by atoms with Gasteiger partial charge in [0.15, 0.2) is 0 Å². The average molecular weight is 309 g/mol. The van der Waals surface area contributed by atoms with Crippen LogP contribution in [0.4, 0.5) is 5.95 Å². The molecule has 0 spiro atoms. The summed E-state index contributed by atoms with van der Waals surface area (Å²) in [5.74, 6) is 0.333. The number of rotatable bonds is 5. The summed E-state index contributed by atoms with van der Waals surface area (Å²) in [5, 5.41) is 9.72. The summed E-state index contributed by atoms with van der Waals surface area (Å²) < 4.78 is 1.35. The minimum atomic E-state index is -0.479. The standard InChI is InChI=1S/C11H13ClN8O/c1-6(8(21)16-7-2-3-7)15-10-17-9(12)18-11(19-10)20-5-13-4-14-20/h4-7H,2-3H2,1H3,(H,16,21)(H,15,17,18,19). The van der Waals surface area contributed by atoms with Gasteiger partial charge in [0.05, 0.1) is 0 Å². The van der Waals surface area contributed by atoms with Gasteiger partial charge in [0.1, 0.15) is 18.7 Å². The first kappa shape index (κ1) is 13.7. The lowest BCUT2D eigenvalue weighted by molar-refractivity contribution is -0.121. The molecule has 10 heteroatoms. The fraction of sp³-hybridized carbons (Fsp3) is 0.455. The predicted octanol–water partition coefficient (Wildman–Crippen LogP) is 0.185. The summed E-state index contributed by atoms with van der Waals surface area (Å²) in [4.78, 5) is 27.8. The first-order valence-corrected chi connectivity index (χ1v) is 6.83. The fourth-order valence-corrected chi connectivity index (χ4v) is 1.79. The smallest absolute Gasteiger partial charge is 0.258 e. The Morgan fingerprint density at radius 2 is 2.24 bits per heavy atom. The van der Waals surface area contributed by atoms with Gasteiger partial charge in [0, 0.05) is 6.04 Å². The van der Waals surface area contributed by atoms with Crippen molar-refractivity contribution in [3.8, 4) is 5.95 Å². The van der Waals surface area contributed by atoms with Crippen molar-refractivity contribution in [2.75, 3.05) is 5.32 Å². The van der Waals surface area contributed by atoms with E-state index in [9.17, 15) is 4.79 Å². The highest BCUT2D eigenvalue weighted by Gasteiger charge is 2.26. The minimum Gasteiger partial charge on any atom is -0.352 e. The maximum Gasteiger partial charge on any atom is 0.258 e. The third-order valence-electron chi connectivity index (χ3n) is 2.88. The molecule has 1 fully saturated rings. The first-order chi connectivity index (χ1) is 10.1. The van der Waals surface area contributed by atoms with Crippen LogP contribution >= 0.6 is 11.6 Å². The van der Waals surface area contributed by atoms with Gasteiger partial charge in [-0.1, -0.05) is 0 Å². The van der Waals surface area contributed by atoms with Crippen LogP contribution in [-0.2, 0) is 4.79 Å². The van der Waals surface area contributed by atoms with Gasteiger partial charge < -0.3 is 10.6 Å². The van der Waals surface area contributed by atoms with Crippen LogP contribution < -0.4 is 10.6 Å². The number of halogens is 1. The van der Waals surface area contributed by atoms with E-state index in [-0.39, 0.29) is 23.1 Å². The van der Waals surface area contributed by atoms with Gasteiger partial charge in [-0.25, -0.2) is 4.98 Å². The third-order valence-corrected chi connectivity index (χ3v) is 3.05. The van der Waals surface area contributed by atoms with Crippen molar-refractivity contribution in [2.45, 2.75) is 31.8 Å². The van der Waals surface area contributed by atoms with Gasteiger partial charge in [-0.3, -0.25) is 4.79 Å². The molecule has 1 atom stereocenters. The quantitative estimate of drug-likeness (QED) is 0.810. The molecule has 21 heavy (non-hydrogen) atoms. The third kappa shape index (κ3) is 3.43. The van der Waals surface area contributed by atoms with E-state index in [0.717, 1.165) is 12.8 Å². The van der Waals surface area contributed by atoms with E-state index in [2.05, 4.69) is 35.7 Å². The zero-order chi connectivity index (χ0) is 14.8. The first-order valence-electron chi connectivity index (χ1n) is 6.45. The van der Waals surface area contributed by atoms with Gasteiger partial charge in [0.25, 0.3) is 5.95 Å². The number of carbonyl (C=O) groups excluding carboxylic acids is 1. The molecule has 1 saturated carbocycles. The molecule has 0 radical (unpaired) electrons. The Morgan fingerprint density at radius 1 is 1.43 bits per heavy atom. The Balaban J connectivity index is 1.73. The Hall–Kier alpha value is -2.29. The Kier molecular flexibility index (Phi) is 3.65. The lowest BCUT2D eigenvalue weighted by Crippen LogP contribution is -2.39. The molecule has 2 aromatic rings. The summed E-state index contributed by atoms with van der Waals surface area (Å²) in [5.41, 5.74) is 0. The second-order valence-electron chi connectivity index (χ2n) is 4.72. The summed E-state index contributed by atoms with van der Waals surface area (Å²) in [7, 11) is 0. The molecule has 0 aliphatic heterocycles. The molecule has 1 amide bonds. The molecule has 1 aliphatic carbocycles. The Morgan fingerprint density at radius 3 is 2.90 bits per heavy atom.